The number of likely N-dealkylation sites (tertiary alicyclic amines) is 1. The molecule has 0 spiro atoms. The molecule has 0 bridgehead atoms. The lowest BCUT2D eigenvalue weighted by Crippen LogP contribution is -2.61. The Balaban J connectivity index is 1.45. The molecule has 1 aromatic carbocycles. The van der Waals surface area contributed by atoms with Gasteiger partial charge in [0.25, 0.3) is 0 Å². The first-order valence-electron chi connectivity index (χ1n) is 9.55. The van der Waals surface area contributed by atoms with E-state index >= 15 is 0 Å². The summed E-state index contributed by atoms with van der Waals surface area (Å²) < 4.78 is 35.6. The Morgan fingerprint density at radius 1 is 1.28 bits per heavy atom. The molecule has 2 atom stereocenters. The van der Waals surface area contributed by atoms with Crippen molar-refractivity contribution in [2.75, 3.05) is 25.0 Å². The number of hydrogen-bond donors (Lipinski definition) is 2. The Morgan fingerprint density at radius 3 is 2.93 bits per heavy atom. The molecule has 0 amide bonds. The number of aromatic amines is 1. The highest BCUT2D eigenvalue weighted by Gasteiger charge is 2.42. The molecule has 3 aromatic rings. The van der Waals surface area contributed by atoms with Gasteiger partial charge in [0.05, 0.1) is 23.6 Å². The molecule has 29 heavy (non-hydrogen) atoms. The quantitative estimate of drug-likeness (QED) is 0.684. The van der Waals surface area contributed by atoms with Crippen molar-refractivity contribution in [3.8, 4) is 5.75 Å². The fourth-order valence-corrected chi connectivity index (χ4v) is 4.14. The van der Waals surface area contributed by atoms with Crippen LogP contribution in [0.25, 0.3) is 11.0 Å². The van der Waals surface area contributed by atoms with Crippen LogP contribution in [0.1, 0.15) is 17.3 Å². The van der Waals surface area contributed by atoms with Crippen molar-refractivity contribution in [1.29, 1.82) is 0 Å². The Morgan fingerprint density at radius 2 is 2.10 bits per heavy atom. The van der Waals surface area contributed by atoms with Crippen molar-refractivity contribution in [3.63, 3.8) is 0 Å². The third-order valence-electron chi connectivity index (χ3n) is 5.54. The number of nitrogens with zero attached hydrogens (tertiary/aromatic N) is 3. The number of fused-ring (bicyclic) bond motifs is 2. The zero-order valence-electron chi connectivity index (χ0n) is 15.8. The third kappa shape index (κ3) is 3.40. The highest BCUT2D eigenvalue weighted by atomic mass is 19.3. The summed E-state index contributed by atoms with van der Waals surface area (Å²) >= 11 is 0. The lowest BCUT2D eigenvalue weighted by Gasteiger charge is -2.48. The highest BCUT2D eigenvalue weighted by molar-refractivity contribution is 5.87. The van der Waals surface area contributed by atoms with Gasteiger partial charge in [-0.25, -0.2) is 9.97 Å². The Hall–Kier alpha value is -2.78. The van der Waals surface area contributed by atoms with Crippen LogP contribution in [-0.2, 0) is 4.74 Å². The van der Waals surface area contributed by atoms with Gasteiger partial charge < -0.3 is 19.8 Å². The second kappa shape index (κ2) is 7.23. The summed E-state index contributed by atoms with van der Waals surface area (Å²) in [6, 6.07) is 9.72. The Labute approximate surface area is 166 Å². The van der Waals surface area contributed by atoms with Crippen molar-refractivity contribution in [3.05, 3.63) is 47.9 Å². The molecule has 0 aliphatic carbocycles. The van der Waals surface area contributed by atoms with E-state index in [2.05, 4.69) is 29.9 Å². The number of hydrogen-bond acceptors (Lipinski definition) is 6. The minimum absolute atomic E-state index is 0.0347. The van der Waals surface area contributed by atoms with Crippen LogP contribution in [0.3, 0.4) is 0 Å². The molecule has 2 N–H and O–H groups in total. The van der Waals surface area contributed by atoms with Crippen molar-refractivity contribution in [2.24, 2.45) is 0 Å². The van der Waals surface area contributed by atoms with Crippen LogP contribution in [0.2, 0.25) is 0 Å². The van der Waals surface area contributed by atoms with Gasteiger partial charge in [-0.1, -0.05) is 18.2 Å². The molecule has 2 aliphatic heterocycles. The largest absolute Gasteiger partial charge is 0.491 e. The average molecular weight is 401 g/mol. The molecular formula is C20H21F2N5O2. The first kappa shape index (κ1) is 18.3. The van der Waals surface area contributed by atoms with Crippen LogP contribution in [0.15, 0.2) is 36.7 Å². The number of rotatable bonds is 5. The van der Waals surface area contributed by atoms with Crippen molar-refractivity contribution in [1.82, 2.24) is 19.9 Å². The molecule has 152 valence electrons. The van der Waals surface area contributed by atoms with Crippen molar-refractivity contribution >= 4 is 16.9 Å². The summed E-state index contributed by atoms with van der Waals surface area (Å²) in [5.41, 5.74) is 2.79. The lowest BCUT2D eigenvalue weighted by molar-refractivity contribution is -0.203. The molecular weight excluding hydrogens is 380 g/mol. The minimum Gasteiger partial charge on any atom is -0.491 e. The first-order valence-corrected chi connectivity index (χ1v) is 9.55. The second-order valence-electron chi connectivity index (χ2n) is 7.45. The van der Waals surface area contributed by atoms with E-state index in [-0.39, 0.29) is 12.1 Å². The summed E-state index contributed by atoms with van der Waals surface area (Å²) in [6.07, 6.45) is 1.07. The van der Waals surface area contributed by atoms with Crippen molar-refractivity contribution < 1.29 is 18.3 Å². The number of alkyl halides is 2. The SMILES string of the molecule is Cc1cc2c(N[C@H]3c4ccccc4OC[C@@H]3N3CC(OC(F)F)C3)ncnc2[nH]1. The van der Waals surface area contributed by atoms with E-state index in [9.17, 15) is 8.78 Å². The summed E-state index contributed by atoms with van der Waals surface area (Å²) in [7, 11) is 0. The summed E-state index contributed by atoms with van der Waals surface area (Å²) in [6.45, 7) is 0.575. The number of benzene rings is 1. The Bertz CT molecular complexity index is 1020. The van der Waals surface area contributed by atoms with E-state index in [0.29, 0.717) is 19.7 Å². The maximum atomic E-state index is 12.5. The van der Waals surface area contributed by atoms with Gasteiger partial charge in [0.2, 0.25) is 0 Å². The standard InChI is InChI=1S/C20H21F2N5O2/c1-11-6-14-18(25-11)23-10-24-19(14)26-17-13-4-2-3-5-16(13)28-9-15(17)27-7-12(8-27)29-20(21)22/h2-6,10,12,15,17,20H,7-9H2,1H3,(H2,23,24,25,26)/t15-,17-/m0/s1. The maximum absolute atomic E-state index is 12.5. The molecule has 7 nitrogen and oxygen atoms in total. The second-order valence-corrected chi connectivity index (χ2v) is 7.45. The van der Waals surface area contributed by atoms with E-state index in [0.717, 1.165) is 33.9 Å². The zero-order valence-corrected chi connectivity index (χ0v) is 15.8. The van der Waals surface area contributed by atoms with Crippen LogP contribution in [0.4, 0.5) is 14.6 Å². The van der Waals surface area contributed by atoms with Crippen molar-refractivity contribution in [2.45, 2.75) is 31.7 Å². The van der Waals surface area contributed by atoms with Gasteiger partial charge in [-0.05, 0) is 19.1 Å². The summed E-state index contributed by atoms with van der Waals surface area (Å²) in [4.78, 5) is 14.1. The van der Waals surface area contributed by atoms with Gasteiger partial charge in [-0.15, -0.1) is 0 Å². The molecule has 0 radical (unpaired) electrons. The number of anilines is 1. The van der Waals surface area contributed by atoms with Gasteiger partial charge in [0, 0.05) is 24.3 Å². The van der Waals surface area contributed by atoms with E-state index in [1.54, 1.807) is 0 Å². The molecule has 1 fully saturated rings. The van der Waals surface area contributed by atoms with Crippen LogP contribution < -0.4 is 10.1 Å². The number of para-hydroxylation sites is 1. The number of aryl methyl sites for hydroxylation is 1. The minimum atomic E-state index is -2.74. The molecule has 2 aromatic heterocycles. The molecule has 2 aliphatic rings. The fraction of sp³-hybridized carbons (Fsp3) is 0.400. The molecule has 5 rings (SSSR count). The number of halogens is 2. The summed E-state index contributed by atoms with van der Waals surface area (Å²) in [5, 5.41) is 4.48. The highest BCUT2D eigenvalue weighted by Crippen LogP contribution is 2.38. The molecule has 9 heteroatoms. The van der Waals surface area contributed by atoms with Crippen LogP contribution in [-0.4, -0.2) is 58.3 Å². The smallest absolute Gasteiger partial charge is 0.345 e. The van der Waals surface area contributed by atoms with Gasteiger partial charge in [-0.3, -0.25) is 4.90 Å². The van der Waals surface area contributed by atoms with Gasteiger partial charge in [-0.2, -0.15) is 8.78 Å². The van der Waals surface area contributed by atoms with E-state index in [1.807, 2.05) is 37.3 Å². The number of aromatic nitrogens is 3. The number of nitrogens with one attached hydrogen (secondary N) is 2. The monoisotopic (exact) mass is 401 g/mol. The van der Waals surface area contributed by atoms with E-state index in [1.165, 1.54) is 6.33 Å². The topological polar surface area (TPSA) is 75.3 Å². The lowest BCUT2D eigenvalue weighted by atomic mass is 9.92. The number of ether oxygens (including phenoxy) is 2. The Kier molecular flexibility index (Phi) is 4.56. The van der Waals surface area contributed by atoms with Crippen LogP contribution >= 0.6 is 0 Å². The maximum Gasteiger partial charge on any atom is 0.345 e. The fourth-order valence-electron chi connectivity index (χ4n) is 4.14. The number of H-pyrrole nitrogens is 1. The van der Waals surface area contributed by atoms with E-state index in [4.69, 9.17) is 4.74 Å². The van der Waals surface area contributed by atoms with E-state index < -0.39 is 12.7 Å². The predicted octanol–water partition coefficient (Wildman–Crippen LogP) is 3.10. The first-order chi connectivity index (χ1) is 14.1. The predicted molar refractivity (Wildman–Crippen MR) is 103 cm³/mol. The normalized spacial score (nSPS) is 22.3. The third-order valence-corrected chi connectivity index (χ3v) is 5.54. The average Bonchev–Trinajstić information content (AvgIpc) is 3.06. The van der Waals surface area contributed by atoms with Gasteiger partial charge >= 0.3 is 6.61 Å². The van der Waals surface area contributed by atoms with Gasteiger partial charge in [0.1, 0.15) is 30.1 Å². The molecule has 1 saturated heterocycles. The van der Waals surface area contributed by atoms with Crippen LogP contribution in [0, 0.1) is 6.92 Å². The van der Waals surface area contributed by atoms with Gasteiger partial charge in [0.15, 0.2) is 0 Å². The molecule has 4 heterocycles. The van der Waals surface area contributed by atoms with Crippen LogP contribution in [0.5, 0.6) is 5.75 Å². The molecule has 0 unspecified atom stereocenters. The molecule has 0 saturated carbocycles. The summed E-state index contributed by atoms with van der Waals surface area (Å²) in [5.74, 6) is 1.55. The zero-order chi connectivity index (χ0) is 20.0.